The number of nitrogens with zero attached hydrogens (tertiary/aromatic N) is 2. The lowest BCUT2D eigenvalue weighted by molar-refractivity contribution is 0.749. The molecule has 94 valence electrons. The maximum atomic E-state index is 5.97. The Labute approximate surface area is 108 Å². The van der Waals surface area contributed by atoms with Crippen molar-refractivity contribution in [3.63, 3.8) is 0 Å². The molecule has 3 nitrogen and oxygen atoms in total. The number of hydrogen-bond donors (Lipinski definition) is 1. The second-order valence-electron chi connectivity index (χ2n) is 5.08. The molecule has 1 aromatic heterocycles. The number of nitrogen functional groups attached to an aromatic ring is 1. The fraction of sp³-hybridized carbons (Fsp3) is 0.692. The van der Waals surface area contributed by atoms with Gasteiger partial charge in [-0.15, -0.1) is 11.8 Å². The lowest BCUT2D eigenvalue weighted by Gasteiger charge is -2.14. The Morgan fingerprint density at radius 2 is 1.88 bits per heavy atom. The van der Waals surface area contributed by atoms with Gasteiger partial charge >= 0.3 is 0 Å². The monoisotopic (exact) mass is 251 g/mol. The molecule has 0 aromatic carbocycles. The zero-order valence-electron chi connectivity index (χ0n) is 10.9. The van der Waals surface area contributed by atoms with Gasteiger partial charge in [-0.1, -0.05) is 26.7 Å². The van der Waals surface area contributed by atoms with Crippen LogP contribution in [0.5, 0.6) is 0 Å². The molecule has 2 N–H and O–H groups in total. The Kier molecular flexibility index (Phi) is 3.92. The van der Waals surface area contributed by atoms with E-state index in [-0.39, 0.29) is 0 Å². The van der Waals surface area contributed by atoms with E-state index in [4.69, 9.17) is 5.73 Å². The molecular formula is C13H21N3S. The first-order valence-corrected chi connectivity index (χ1v) is 7.26. The molecule has 1 aromatic rings. The summed E-state index contributed by atoms with van der Waals surface area (Å²) in [5.41, 5.74) is 7.02. The van der Waals surface area contributed by atoms with Crippen LogP contribution in [-0.2, 0) is 0 Å². The van der Waals surface area contributed by atoms with Crippen LogP contribution in [-0.4, -0.2) is 15.2 Å². The van der Waals surface area contributed by atoms with Crippen molar-refractivity contribution in [3.8, 4) is 0 Å². The van der Waals surface area contributed by atoms with Crippen LogP contribution in [0.15, 0.2) is 5.03 Å². The van der Waals surface area contributed by atoms with Gasteiger partial charge in [-0.2, -0.15) is 0 Å². The molecule has 1 fully saturated rings. The second-order valence-corrected chi connectivity index (χ2v) is 6.37. The Morgan fingerprint density at radius 1 is 1.24 bits per heavy atom. The van der Waals surface area contributed by atoms with E-state index in [1.807, 2.05) is 18.7 Å². The van der Waals surface area contributed by atoms with Gasteiger partial charge in [0.1, 0.15) is 16.7 Å². The van der Waals surface area contributed by atoms with Crippen molar-refractivity contribution < 1.29 is 0 Å². The van der Waals surface area contributed by atoms with Crippen molar-refractivity contribution in [2.24, 2.45) is 0 Å². The largest absolute Gasteiger partial charge is 0.383 e. The van der Waals surface area contributed by atoms with Crippen molar-refractivity contribution in [2.75, 3.05) is 5.73 Å². The van der Waals surface area contributed by atoms with Crippen molar-refractivity contribution in [1.82, 2.24) is 9.97 Å². The topological polar surface area (TPSA) is 51.8 Å². The summed E-state index contributed by atoms with van der Waals surface area (Å²) in [6, 6.07) is 0. The van der Waals surface area contributed by atoms with Crippen molar-refractivity contribution in [2.45, 2.75) is 62.6 Å². The van der Waals surface area contributed by atoms with E-state index in [2.05, 4.69) is 23.8 Å². The highest BCUT2D eigenvalue weighted by molar-refractivity contribution is 7.99. The molecule has 0 amide bonds. The standard InChI is InChI=1S/C13H21N3S/c1-8(2)12-15-11(14)9(3)13(16-12)17-10-6-4-5-7-10/h8,10H,4-7H2,1-3H3,(H2,14,15,16). The molecule has 4 heteroatoms. The summed E-state index contributed by atoms with van der Waals surface area (Å²) in [6.07, 6.45) is 5.33. The van der Waals surface area contributed by atoms with Crippen LogP contribution in [0.4, 0.5) is 5.82 Å². The maximum Gasteiger partial charge on any atom is 0.134 e. The Hall–Kier alpha value is -0.770. The van der Waals surface area contributed by atoms with Gasteiger partial charge in [-0.05, 0) is 19.8 Å². The molecule has 2 rings (SSSR count). The van der Waals surface area contributed by atoms with Crippen molar-refractivity contribution in [1.29, 1.82) is 0 Å². The zero-order chi connectivity index (χ0) is 12.4. The van der Waals surface area contributed by atoms with E-state index in [1.165, 1.54) is 25.7 Å². The van der Waals surface area contributed by atoms with Gasteiger partial charge in [0, 0.05) is 16.7 Å². The SMILES string of the molecule is Cc1c(N)nc(C(C)C)nc1SC1CCCC1. The van der Waals surface area contributed by atoms with Gasteiger partial charge in [0.25, 0.3) is 0 Å². The normalized spacial score (nSPS) is 16.9. The molecule has 0 atom stereocenters. The number of nitrogens with two attached hydrogens (primary N) is 1. The molecule has 0 radical (unpaired) electrons. The predicted octanol–water partition coefficient (Wildman–Crippen LogP) is 3.53. The molecule has 0 bridgehead atoms. The summed E-state index contributed by atoms with van der Waals surface area (Å²) in [4.78, 5) is 9.03. The highest BCUT2D eigenvalue weighted by Gasteiger charge is 2.19. The average Bonchev–Trinajstić information content (AvgIpc) is 2.77. The lowest BCUT2D eigenvalue weighted by atomic mass is 10.2. The fourth-order valence-electron chi connectivity index (χ4n) is 2.07. The highest BCUT2D eigenvalue weighted by Crippen LogP contribution is 2.36. The molecule has 0 spiro atoms. The summed E-state index contributed by atoms with van der Waals surface area (Å²) in [5.74, 6) is 1.85. The molecular weight excluding hydrogens is 230 g/mol. The predicted molar refractivity (Wildman–Crippen MR) is 73.4 cm³/mol. The molecule has 1 aliphatic rings. The number of anilines is 1. The van der Waals surface area contributed by atoms with Crippen LogP contribution in [0.1, 0.15) is 56.8 Å². The summed E-state index contributed by atoms with van der Waals surface area (Å²) >= 11 is 1.89. The first-order chi connectivity index (χ1) is 8.08. The first-order valence-electron chi connectivity index (χ1n) is 6.38. The average molecular weight is 251 g/mol. The van der Waals surface area contributed by atoms with Crippen LogP contribution in [0.2, 0.25) is 0 Å². The van der Waals surface area contributed by atoms with Crippen LogP contribution in [0.25, 0.3) is 0 Å². The van der Waals surface area contributed by atoms with Gasteiger partial charge in [0.15, 0.2) is 0 Å². The van der Waals surface area contributed by atoms with Crippen LogP contribution >= 0.6 is 11.8 Å². The smallest absolute Gasteiger partial charge is 0.134 e. The molecule has 17 heavy (non-hydrogen) atoms. The molecule has 1 aliphatic carbocycles. The van der Waals surface area contributed by atoms with Gasteiger partial charge in [0.05, 0.1) is 0 Å². The van der Waals surface area contributed by atoms with Crippen molar-refractivity contribution in [3.05, 3.63) is 11.4 Å². The third kappa shape index (κ3) is 2.92. The zero-order valence-corrected chi connectivity index (χ0v) is 11.7. The highest BCUT2D eigenvalue weighted by atomic mass is 32.2. The second kappa shape index (κ2) is 5.25. The minimum Gasteiger partial charge on any atom is -0.383 e. The van der Waals surface area contributed by atoms with E-state index in [1.54, 1.807) is 0 Å². The van der Waals surface area contributed by atoms with Crippen LogP contribution in [0.3, 0.4) is 0 Å². The van der Waals surface area contributed by atoms with Gasteiger partial charge < -0.3 is 5.73 Å². The molecule has 0 saturated heterocycles. The van der Waals surface area contributed by atoms with E-state index < -0.39 is 0 Å². The first kappa shape index (κ1) is 12.7. The van der Waals surface area contributed by atoms with E-state index in [9.17, 15) is 0 Å². The third-order valence-corrected chi connectivity index (χ3v) is 4.68. The molecule has 0 aliphatic heterocycles. The number of thioether (sulfide) groups is 1. The fourth-order valence-corrected chi connectivity index (χ4v) is 3.38. The number of hydrogen-bond acceptors (Lipinski definition) is 4. The molecule has 1 saturated carbocycles. The summed E-state index contributed by atoms with van der Waals surface area (Å²) in [7, 11) is 0. The summed E-state index contributed by atoms with van der Waals surface area (Å²) in [6.45, 7) is 6.24. The quantitative estimate of drug-likeness (QED) is 0.835. The van der Waals surface area contributed by atoms with Gasteiger partial charge in [-0.3, -0.25) is 0 Å². The maximum absolute atomic E-state index is 5.97. The summed E-state index contributed by atoms with van der Waals surface area (Å²) in [5, 5.41) is 1.82. The third-order valence-electron chi connectivity index (χ3n) is 3.25. The van der Waals surface area contributed by atoms with Crippen molar-refractivity contribution >= 4 is 17.6 Å². The van der Waals surface area contributed by atoms with Crippen LogP contribution in [0, 0.1) is 6.92 Å². The Bertz CT molecular complexity index is 398. The van der Waals surface area contributed by atoms with E-state index >= 15 is 0 Å². The molecule has 0 unspecified atom stereocenters. The lowest BCUT2D eigenvalue weighted by Crippen LogP contribution is -2.07. The minimum atomic E-state index is 0.334. The van der Waals surface area contributed by atoms with E-state index in [0.29, 0.717) is 11.7 Å². The Balaban J connectivity index is 2.24. The summed E-state index contributed by atoms with van der Waals surface area (Å²) < 4.78 is 0. The Morgan fingerprint density at radius 3 is 2.47 bits per heavy atom. The van der Waals surface area contributed by atoms with Gasteiger partial charge in [0.2, 0.25) is 0 Å². The number of aromatic nitrogens is 2. The minimum absolute atomic E-state index is 0.334. The molecule has 1 heterocycles. The van der Waals surface area contributed by atoms with Crippen LogP contribution < -0.4 is 5.73 Å². The number of rotatable bonds is 3. The van der Waals surface area contributed by atoms with E-state index in [0.717, 1.165) is 21.7 Å². The van der Waals surface area contributed by atoms with Gasteiger partial charge in [-0.25, -0.2) is 9.97 Å².